The third kappa shape index (κ3) is 1.62. The number of piperidine rings is 1. The minimum atomic E-state index is 0.110. The second-order valence-corrected chi connectivity index (χ2v) is 2.73. The van der Waals surface area contributed by atoms with Crippen LogP contribution in [0, 0.1) is 0 Å². The molecule has 48 valence electrons. The fourth-order valence-electron chi connectivity index (χ4n) is 0.892. The van der Waals surface area contributed by atoms with Crippen LogP contribution in [0.2, 0.25) is 0 Å². The number of alkyl halides is 1. The number of rotatable bonds is 0. The maximum absolute atomic E-state index is 5.72. The third-order valence-corrected chi connectivity index (χ3v) is 1.72. The van der Waals surface area contributed by atoms with Gasteiger partial charge < -0.3 is 11.1 Å². The van der Waals surface area contributed by atoms with Crippen LogP contribution in [0.3, 0.4) is 0 Å². The van der Waals surface area contributed by atoms with Crippen molar-refractivity contribution in [1.82, 2.24) is 5.32 Å². The summed E-state index contributed by atoms with van der Waals surface area (Å²) in [6.07, 6.45) is 1.96. The van der Waals surface area contributed by atoms with E-state index in [1.54, 1.807) is 0 Å². The van der Waals surface area contributed by atoms with Gasteiger partial charge in [0, 0.05) is 6.04 Å². The van der Waals surface area contributed by atoms with Crippen LogP contribution in [0.25, 0.3) is 0 Å². The summed E-state index contributed by atoms with van der Waals surface area (Å²) >= 11 is 5.72. The lowest BCUT2D eigenvalue weighted by atomic mass is 10.1. The molecule has 0 radical (unpaired) electrons. The van der Waals surface area contributed by atoms with Gasteiger partial charge in [0.1, 0.15) is 0 Å². The summed E-state index contributed by atoms with van der Waals surface area (Å²) in [5.41, 5.74) is 5.71. The fraction of sp³-hybridized carbons (Fsp3) is 1.00. The lowest BCUT2D eigenvalue weighted by Crippen LogP contribution is -2.40. The Balaban J connectivity index is 2.23. The molecule has 1 aliphatic rings. The number of halogens is 1. The molecular formula is C5H11ClN2. The van der Waals surface area contributed by atoms with E-state index in [9.17, 15) is 0 Å². The van der Waals surface area contributed by atoms with E-state index < -0.39 is 0 Å². The van der Waals surface area contributed by atoms with Gasteiger partial charge in [-0.05, 0) is 19.4 Å². The molecule has 2 unspecified atom stereocenters. The molecule has 3 N–H and O–H groups in total. The van der Waals surface area contributed by atoms with Crippen LogP contribution in [0.4, 0.5) is 0 Å². The SMILES string of the molecule is NC1CCNC(Cl)C1. The van der Waals surface area contributed by atoms with Crippen molar-refractivity contribution in [2.45, 2.75) is 24.4 Å². The van der Waals surface area contributed by atoms with E-state index >= 15 is 0 Å². The van der Waals surface area contributed by atoms with Crippen LogP contribution in [-0.2, 0) is 0 Å². The molecule has 0 aliphatic carbocycles. The zero-order chi connectivity index (χ0) is 5.98. The standard InChI is InChI=1S/C5H11ClN2/c6-5-3-4(7)1-2-8-5/h4-5,8H,1-3,7H2. The molecule has 1 heterocycles. The molecule has 2 atom stereocenters. The van der Waals surface area contributed by atoms with Gasteiger partial charge in [0.15, 0.2) is 0 Å². The zero-order valence-electron chi connectivity index (χ0n) is 4.73. The van der Waals surface area contributed by atoms with E-state index in [0.29, 0.717) is 6.04 Å². The van der Waals surface area contributed by atoms with Crippen LogP contribution in [-0.4, -0.2) is 18.1 Å². The largest absolute Gasteiger partial charge is 0.328 e. The number of nitrogens with two attached hydrogens (primary N) is 1. The van der Waals surface area contributed by atoms with Gasteiger partial charge in [-0.2, -0.15) is 0 Å². The van der Waals surface area contributed by atoms with Crippen molar-refractivity contribution < 1.29 is 0 Å². The van der Waals surface area contributed by atoms with E-state index in [-0.39, 0.29) is 5.50 Å². The van der Waals surface area contributed by atoms with Crippen LogP contribution >= 0.6 is 11.6 Å². The van der Waals surface area contributed by atoms with Gasteiger partial charge in [-0.1, -0.05) is 0 Å². The summed E-state index contributed by atoms with van der Waals surface area (Å²) in [6, 6.07) is 0.318. The smallest absolute Gasteiger partial charge is 0.0840 e. The maximum Gasteiger partial charge on any atom is 0.0840 e. The Morgan fingerprint density at radius 1 is 1.62 bits per heavy atom. The first-order valence-corrected chi connectivity index (χ1v) is 3.35. The van der Waals surface area contributed by atoms with Crippen molar-refractivity contribution in [3.63, 3.8) is 0 Å². The Labute approximate surface area is 54.4 Å². The Bertz CT molecular complexity index is 68.8. The van der Waals surface area contributed by atoms with E-state index in [2.05, 4.69) is 5.32 Å². The molecular weight excluding hydrogens is 124 g/mol. The summed E-state index contributed by atoms with van der Waals surface area (Å²) in [5.74, 6) is 0. The second-order valence-electron chi connectivity index (χ2n) is 2.21. The van der Waals surface area contributed by atoms with Crippen molar-refractivity contribution >= 4 is 11.6 Å². The molecule has 0 bridgehead atoms. The monoisotopic (exact) mass is 134 g/mol. The van der Waals surface area contributed by atoms with E-state index in [1.165, 1.54) is 0 Å². The highest BCUT2D eigenvalue weighted by atomic mass is 35.5. The van der Waals surface area contributed by atoms with Crippen molar-refractivity contribution in [2.24, 2.45) is 5.73 Å². The fourth-order valence-corrected chi connectivity index (χ4v) is 1.23. The first kappa shape index (κ1) is 6.33. The molecule has 1 rings (SSSR count). The van der Waals surface area contributed by atoms with Gasteiger partial charge in [0.2, 0.25) is 0 Å². The highest BCUT2D eigenvalue weighted by Gasteiger charge is 2.14. The van der Waals surface area contributed by atoms with Gasteiger partial charge in [-0.15, -0.1) is 11.6 Å². The molecule has 0 amide bonds. The summed E-state index contributed by atoms with van der Waals surface area (Å²) in [5, 5.41) is 3.10. The van der Waals surface area contributed by atoms with Gasteiger partial charge in [0.25, 0.3) is 0 Å². The molecule has 0 spiro atoms. The van der Waals surface area contributed by atoms with Crippen molar-refractivity contribution in [2.75, 3.05) is 6.54 Å². The molecule has 0 aromatic rings. The van der Waals surface area contributed by atoms with Crippen LogP contribution in [0.15, 0.2) is 0 Å². The zero-order valence-corrected chi connectivity index (χ0v) is 5.49. The Morgan fingerprint density at radius 3 is 2.75 bits per heavy atom. The first-order valence-electron chi connectivity index (χ1n) is 2.92. The Morgan fingerprint density at radius 2 is 2.38 bits per heavy atom. The van der Waals surface area contributed by atoms with Gasteiger partial charge >= 0.3 is 0 Å². The van der Waals surface area contributed by atoms with E-state index in [1.807, 2.05) is 0 Å². The minimum Gasteiger partial charge on any atom is -0.328 e. The molecule has 0 aromatic carbocycles. The number of hydrogen-bond acceptors (Lipinski definition) is 2. The highest BCUT2D eigenvalue weighted by Crippen LogP contribution is 2.08. The molecule has 3 heteroatoms. The molecule has 1 aliphatic heterocycles. The minimum absolute atomic E-state index is 0.110. The Hall–Kier alpha value is 0.210. The van der Waals surface area contributed by atoms with Gasteiger partial charge in [0.05, 0.1) is 5.50 Å². The van der Waals surface area contributed by atoms with E-state index in [0.717, 1.165) is 19.4 Å². The number of hydrogen-bond donors (Lipinski definition) is 2. The quantitative estimate of drug-likeness (QED) is 0.369. The average molecular weight is 135 g/mol. The predicted molar refractivity (Wildman–Crippen MR) is 34.9 cm³/mol. The summed E-state index contributed by atoms with van der Waals surface area (Å²) in [4.78, 5) is 0. The lowest BCUT2D eigenvalue weighted by molar-refractivity contribution is 0.430. The van der Waals surface area contributed by atoms with Crippen LogP contribution < -0.4 is 11.1 Å². The summed E-state index contributed by atoms with van der Waals surface area (Å²) < 4.78 is 0. The van der Waals surface area contributed by atoms with Crippen molar-refractivity contribution in [3.8, 4) is 0 Å². The molecule has 8 heavy (non-hydrogen) atoms. The van der Waals surface area contributed by atoms with Crippen LogP contribution in [0.1, 0.15) is 12.8 Å². The highest BCUT2D eigenvalue weighted by molar-refractivity contribution is 6.20. The van der Waals surface area contributed by atoms with E-state index in [4.69, 9.17) is 17.3 Å². The Kier molecular flexibility index (Phi) is 2.11. The third-order valence-electron chi connectivity index (χ3n) is 1.39. The summed E-state index contributed by atoms with van der Waals surface area (Å²) in [7, 11) is 0. The number of nitrogens with one attached hydrogen (secondary N) is 1. The van der Waals surface area contributed by atoms with Gasteiger partial charge in [-0.25, -0.2) is 0 Å². The molecule has 0 aromatic heterocycles. The molecule has 0 saturated carbocycles. The van der Waals surface area contributed by atoms with Gasteiger partial charge in [-0.3, -0.25) is 0 Å². The molecule has 2 nitrogen and oxygen atoms in total. The average Bonchev–Trinajstić information content (AvgIpc) is 1.64. The van der Waals surface area contributed by atoms with Crippen molar-refractivity contribution in [1.29, 1.82) is 0 Å². The molecule has 1 saturated heterocycles. The lowest BCUT2D eigenvalue weighted by Gasteiger charge is -2.22. The molecule has 1 fully saturated rings. The van der Waals surface area contributed by atoms with Crippen LogP contribution in [0.5, 0.6) is 0 Å². The predicted octanol–water partition coefficient (Wildman–Crippen LogP) is 0.262. The van der Waals surface area contributed by atoms with Crippen molar-refractivity contribution in [3.05, 3.63) is 0 Å². The maximum atomic E-state index is 5.72. The first-order chi connectivity index (χ1) is 3.79. The second kappa shape index (κ2) is 2.67. The normalized spacial score (nSPS) is 39.8. The summed E-state index contributed by atoms with van der Waals surface area (Å²) in [6.45, 7) is 0.968. The topological polar surface area (TPSA) is 38.0 Å².